The fourth-order valence-corrected chi connectivity index (χ4v) is 1.03. The molecular formula is C7H13NO4. The molecule has 12 heavy (non-hydrogen) atoms. The Morgan fingerprint density at radius 3 is 1.83 bits per heavy atom. The molecule has 0 saturated carbocycles. The number of hydrogen-bond acceptors (Lipinski definition) is 3. The van der Waals surface area contributed by atoms with Gasteiger partial charge in [0.1, 0.15) is 0 Å². The summed E-state index contributed by atoms with van der Waals surface area (Å²) < 4.78 is 0. The molecule has 0 bridgehead atoms. The maximum Gasteiger partial charge on any atom is 0.321 e. The summed E-state index contributed by atoms with van der Waals surface area (Å²) in [6.07, 6.45) is 0.0169. The van der Waals surface area contributed by atoms with Crippen LogP contribution in [0.3, 0.4) is 0 Å². The van der Waals surface area contributed by atoms with Crippen molar-refractivity contribution in [1.29, 1.82) is 0 Å². The van der Waals surface area contributed by atoms with E-state index in [0.29, 0.717) is 0 Å². The average molecular weight is 175 g/mol. The molecule has 0 amide bonds. The lowest BCUT2D eigenvalue weighted by Crippen LogP contribution is -2.40. The molecule has 0 rings (SSSR count). The van der Waals surface area contributed by atoms with Crippen molar-refractivity contribution in [3.05, 3.63) is 0 Å². The summed E-state index contributed by atoms with van der Waals surface area (Å²) in [4.78, 5) is 21.3. The molecule has 0 aliphatic carbocycles. The Kier molecular flexibility index (Phi) is 3.69. The molecule has 0 atom stereocenters. The first-order valence-corrected chi connectivity index (χ1v) is 3.68. The third kappa shape index (κ3) is 1.73. The first-order valence-electron chi connectivity index (χ1n) is 3.68. The van der Waals surface area contributed by atoms with E-state index in [4.69, 9.17) is 15.9 Å². The molecule has 0 spiro atoms. The Labute approximate surface area is 70.2 Å². The first-order chi connectivity index (χ1) is 5.51. The van der Waals surface area contributed by atoms with Crippen LogP contribution in [-0.4, -0.2) is 28.7 Å². The Morgan fingerprint density at radius 2 is 1.75 bits per heavy atom. The van der Waals surface area contributed by atoms with Gasteiger partial charge in [0.05, 0.1) is 0 Å². The van der Waals surface area contributed by atoms with Gasteiger partial charge in [-0.1, -0.05) is 6.92 Å². The Morgan fingerprint density at radius 1 is 1.33 bits per heavy atom. The Bertz CT molecular complexity index is 176. The molecule has 0 aromatic heterocycles. The van der Waals surface area contributed by atoms with E-state index >= 15 is 0 Å². The fourth-order valence-electron chi connectivity index (χ4n) is 1.03. The molecule has 5 nitrogen and oxygen atoms in total. The van der Waals surface area contributed by atoms with Gasteiger partial charge in [-0.05, 0) is 19.4 Å². The molecule has 0 aromatic rings. The standard InChI is InChI=1S/C7H13NO4/c1-2-7(3-4-8,5(9)10)6(11)12/h2-4,8H2,1H3,(H,9,10)(H,11,12). The lowest BCUT2D eigenvalue weighted by Gasteiger charge is -2.21. The lowest BCUT2D eigenvalue weighted by molar-refractivity contribution is -0.165. The van der Waals surface area contributed by atoms with Gasteiger partial charge in [-0.2, -0.15) is 0 Å². The highest BCUT2D eigenvalue weighted by Gasteiger charge is 2.43. The predicted octanol–water partition coefficient (Wildman–Crippen LogP) is -0.0992. The van der Waals surface area contributed by atoms with Crippen LogP contribution in [0, 0.1) is 5.41 Å². The van der Waals surface area contributed by atoms with Crippen LogP contribution in [0.15, 0.2) is 0 Å². The monoisotopic (exact) mass is 175 g/mol. The largest absolute Gasteiger partial charge is 0.480 e. The Balaban J connectivity index is 4.76. The number of aliphatic carboxylic acids is 2. The van der Waals surface area contributed by atoms with E-state index in [1.54, 1.807) is 0 Å². The molecule has 0 unspecified atom stereocenters. The quantitative estimate of drug-likeness (QED) is 0.506. The number of carbonyl (C=O) groups is 2. The predicted molar refractivity (Wildman–Crippen MR) is 41.7 cm³/mol. The number of nitrogens with two attached hydrogens (primary N) is 1. The fraction of sp³-hybridized carbons (Fsp3) is 0.714. The SMILES string of the molecule is CCC(CCN)(C(=O)O)C(=O)O. The molecule has 0 fully saturated rings. The van der Waals surface area contributed by atoms with Crippen molar-refractivity contribution in [2.75, 3.05) is 6.54 Å². The molecular weight excluding hydrogens is 162 g/mol. The molecule has 4 N–H and O–H groups in total. The summed E-state index contributed by atoms with van der Waals surface area (Å²) in [5.41, 5.74) is 3.44. The average Bonchev–Trinajstić information content (AvgIpc) is 1.98. The van der Waals surface area contributed by atoms with Crippen molar-refractivity contribution in [3.8, 4) is 0 Å². The van der Waals surface area contributed by atoms with E-state index < -0.39 is 17.4 Å². The van der Waals surface area contributed by atoms with E-state index in [1.807, 2.05) is 0 Å². The van der Waals surface area contributed by atoms with E-state index in [0.717, 1.165) is 0 Å². The van der Waals surface area contributed by atoms with Crippen molar-refractivity contribution in [2.45, 2.75) is 19.8 Å². The van der Waals surface area contributed by atoms with Gasteiger partial charge >= 0.3 is 11.9 Å². The topological polar surface area (TPSA) is 101 Å². The van der Waals surface area contributed by atoms with Gasteiger partial charge in [0.15, 0.2) is 5.41 Å². The summed E-state index contributed by atoms with van der Waals surface area (Å²) >= 11 is 0. The van der Waals surface area contributed by atoms with E-state index in [-0.39, 0.29) is 19.4 Å². The molecule has 0 heterocycles. The highest BCUT2D eigenvalue weighted by molar-refractivity contribution is 5.98. The van der Waals surface area contributed by atoms with E-state index in [1.165, 1.54) is 6.92 Å². The normalized spacial score (nSPS) is 11.2. The smallest absolute Gasteiger partial charge is 0.321 e. The zero-order valence-electron chi connectivity index (χ0n) is 6.91. The highest BCUT2D eigenvalue weighted by atomic mass is 16.4. The highest BCUT2D eigenvalue weighted by Crippen LogP contribution is 2.26. The second-order valence-corrected chi connectivity index (χ2v) is 2.58. The molecule has 0 saturated heterocycles. The third-order valence-electron chi connectivity index (χ3n) is 1.99. The van der Waals surface area contributed by atoms with Gasteiger partial charge in [0.25, 0.3) is 0 Å². The number of hydrogen-bond donors (Lipinski definition) is 3. The maximum absolute atomic E-state index is 10.6. The summed E-state index contributed by atoms with van der Waals surface area (Å²) in [7, 11) is 0. The maximum atomic E-state index is 10.6. The van der Waals surface area contributed by atoms with Crippen LogP contribution < -0.4 is 5.73 Å². The first kappa shape index (κ1) is 10.9. The van der Waals surface area contributed by atoms with Gasteiger partial charge in [0, 0.05) is 0 Å². The summed E-state index contributed by atoms with van der Waals surface area (Å²) in [5.74, 6) is -2.63. The minimum absolute atomic E-state index is 0.0336. The van der Waals surface area contributed by atoms with E-state index in [2.05, 4.69) is 0 Å². The summed E-state index contributed by atoms with van der Waals surface area (Å²) in [5, 5.41) is 17.4. The third-order valence-corrected chi connectivity index (χ3v) is 1.99. The molecule has 0 radical (unpaired) electrons. The van der Waals surface area contributed by atoms with Gasteiger partial charge in [-0.3, -0.25) is 9.59 Å². The zero-order valence-corrected chi connectivity index (χ0v) is 6.91. The van der Waals surface area contributed by atoms with Gasteiger partial charge in [0.2, 0.25) is 0 Å². The second-order valence-electron chi connectivity index (χ2n) is 2.58. The van der Waals surface area contributed by atoms with Gasteiger partial charge in [-0.15, -0.1) is 0 Å². The van der Waals surface area contributed by atoms with Crippen LogP contribution in [-0.2, 0) is 9.59 Å². The molecule has 5 heteroatoms. The number of rotatable bonds is 5. The van der Waals surface area contributed by atoms with Crippen molar-refractivity contribution in [1.82, 2.24) is 0 Å². The van der Waals surface area contributed by atoms with Crippen LogP contribution in [0.1, 0.15) is 19.8 Å². The van der Waals surface area contributed by atoms with Crippen LogP contribution in [0.25, 0.3) is 0 Å². The van der Waals surface area contributed by atoms with Crippen LogP contribution in [0.2, 0.25) is 0 Å². The Hall–Kier alpha value is -1.10. The second kappa shape index (κ2) is 4.06. The molecule has 0 aliphatic rings. The van der Waals surface area contributed by atoms with Crippen LogP contribution in [0.4, 0.5) is 0 Å². The van der Waals surface area contributed by atoms with Crippen molar-refractivity contribution in [2.24, 2.45) is 11.1 Å². The molecule has 70 valence electrons. The van der Waals surface area contributed by atoms with E-state index in [9.17, 15) is 9.59 Å². The van der Waals surface area contributed by atoms with Crippen LogP contribution >= 0.6 is 0 Å². The zero-order chi connectivity index (χ0) is 9.78. The number of carboxylic acid groups (broad SMARTS) is 2. The van der Waals surface area contributed by atoms with Crippen molar-refractivity contribution >= 4 is 11.9 Å². The van der Waals surface area contributed by atoms with Gasteiger partial charge in [-0.25, -0.2) is 0 Å². The lowest BCUT2D eigenvalue weighted by atomic mass is 9.82. The van der Waals surface area contributed by atoms with Crippen LogP contribution in [0.5, 0.6) is 0 Å². The summed E-state index contributed by atoms with van der Waals surface area (Å²) in [6.45, 7) is 1.59. The van der Waals surface area contributed by atoms with Crippen molar-refractivity contribution < 1.29 is 19.8 Å². The minimum atomic E-state index is -1.70. The number of carboxylic acids is 2. The molecule has 0 aromatic carbocycles. The van der Waals surface area contributed by atoms with Crippen molar-refractivity contribution in [3.63, 3.8) is 0 Å². The minimum Gasteiger partial charge on any atom is -0.480 e. The summed E-state index contributed by atoms with van der Waals surface area (Å²) in [6, 6.07) is 0. The van der Waals surface area contributed by atoms with Gasteiger partial charge < -0.3 is 15.9 Å². The molecule has 0 aliphatic heterocycles.